The molecule has 1 atom stereocenters. The highest BCUT2D eigenvalue weighted by Crippen LogP contribution is 2.25. The molecule has 12 heteroatoms. The second-order valence-corrected chi connectivity index (χ2v) is 10.3. The van der Waals surface area contributed by atoms with Gasteiger partial charge in [0.1, 0.15) is 5.82 Å². The monoisotopic (exact) mass is 550 g/mol. The van der Waals surface area contributed by atoms with Gasteiger partial charge < -0.3 is 35.4 Å². The zero-order valence-electron chi connectivity index (χ0n) is 23.4. The minimum atomic E-state index is -0.706. The predicted molar refractivity (Wildman–Crippen MR) is 153 cm³/mol. The van der Waals surface area contributed by atoms with E-state index in [1.807, 2.05) is 41.9 Å². The highest BCUT2D eigenvalue weighted by Gasteiger charge is 2.27. The molecule has 2 saturated heterocycles. The first kappa shape index (κ1) is 29.0. The summed E-state index contributed by atoms with van der Waals surface area (Å²) in [5.74, 6) is 0.00750. The molecule has 1 unspecified atom stereocenters. The summed E-state index contributed by atoms with van der Waals surface area (Å²) in [4.78, 5) is 54.1. The van der Waals surface area contributed by atoms with Crippen molar-refractivity contribution in [2.24, 2.45) is 5.73 Å². The van der Waals surface area contributed by atoms with Gasteiger partial charge in [-0.1, -0.05) is 6.08 Å². The first-order valence-electron chi connectivity index (χ1n) is 13.5. The number of primary amides is 1. The molecule has 2 aromatic rings. The van der Waals surface area contributed by atoms with E-state index in [1.165, 1.54) is 6.20 Å². The Bertz CT molecular complexity index is 1230. The Morgan fingerprint density at radius 3 is 2.50 bits per heavy atom. The summed E-state index contributed by atoms with van der Waals surface area (Å²) in [5.41, 5.74) is 6.79. The van der Waals surface area contributed by atoms with Crippen LogP contribution in [0.5, 0.6) is 0 Å². The first-order chi connectivity index (χ1) is 19.2. The van der Waals surface area contributed by atoms with E-state index in [1.54, 1.807) is 35.2 Å². The number of nitrogens with one attached hydrogen (secondary N) is 1. The SMILES string of the molecule is CN(C)C/C=C/C(=O)N1CCCC(N(C)c2cnc(C(N)=O)c(Nc3ccc(C(=O)N4CCOCC4)cc3)n2)C1. The number of piperidine rings is 1. The normalized spacial score (nSPS) is 17.8. The molecule has 0 radical (unpaired) electrons. The number of aromatic nitrogens is 2. The fraction of sp³-hybridized carbons (Fsp3) is 0.464. The molecule has 2 fully saturated rings. The number of hydrogen-bond donors (Lipinski definition) is 2. The van der Waals surface area contributed by atoms with Crippen LogP contribution in [0.1, 0.15) is 33.7 Å². The van der Waals surface area contributed by atoms with Gasteiger partial charge in [0.05, 0.1) is 19.4 Å². The van der Waals surface area contributed by atoms with Gasteiger partial charge in [-0.05, 0) is 51.2 Å². The fourth-order valence-corrected chi connectivity index (χ4v) is 4.73. The van der Waals surface area contributed by atoms with E-state index in [0.717, 1.165) is 12.8 Å². The van der Waals surface area contributed by atoms with Gasteiger partial charge in [-0.15, -0.1) is 0 Å². The van der Waals surface area contributed by atoms with Gasteiger partial charge in [-0.3, -0.25) is 14.4 Å². The molecule has 4 rings (SSSR count). The summed E-state index contributed by atoms with van der Waals surface area (Å²) in [7, 11) is 5.82. The van der Waals surface area contributed by atoms with E-state index in [9.17, 15) is 14.4 Å². The average Bonchev–Trinajstić information content (AvgIpc) is 2.97. The lowest BCUT2D eigenvalue weighted by Crippen LogP contribution is -2.48. The third-order valence-electron chi connectivity index (χ3n) is 7.03. The van der Waals surface area contributed by atoms with Crippen LogP contribution in [0.2, 0.25) is 0 Å². The van der Waals surface area contributed by atoms with Gasteiger partial charge in [0, 0.05) is 63.1 Å². The molecule has 3 heterocycles. The number of morpholine rings is 1. The quantitative estimate of drug-likeness (QED) is 0.443. The number of likely N-dealkylation sites (tertiary alicyclic amines) is 1. The minimum absolute atomic E-state index is 0.00647. The summed E-state index contributed by atoms with van der Waals surface area (Å²) in [5, 5.41) is 3.13. The number of ether oxygens (including phenoxy) is 1. The standard InChI is InChI=1S/C28H38N8O4/c1-33(2)12-5-7-24(37)36-13-4-6-22(19-36)34(3)23-18-30-25(26(29)38)27(32-23)31-21-10-8-20(9-11-21)28(39)35-14-16-40-17-15-35/h5,7-11,18,22H,4,6,12-17,19H2,1-3H3,(H2,29,38)(H,31,32)/b7-5+. The van der Waals surface area contributed by atoms with Crippen molar-refractivity contribution in [1.29, 1.82) is 0 Å². The zero-order chi connectivity index (χ0) is 28.6. The van der Waals surface area contributed by atoms with Crippen molar-refractivity contribution in [2.45, 2.75) is 18.9 Å². The maximum Gasteiger partial charge on any atom is 0.271 e. The number of nitrogens with zero attached hydrogens (tertiary/aromatic N) is 6. The number of benzene rings is 1. The summed E-state index contributed by atoms with van der Waals surface area (Å²) in [6.07, 6.45) is 6.78. The minimum Gasteiger partial charge on any atom is -0.378 e. The van der Waals surface area contributed by atoms with Gasteiger partial charge in [-0.25, -0.2) is 9.97 Å². The highest BCUT2D eigenvalue weighted by atomic mass is 16.5. The van der Waals surface area contributed by atoms with Gasteiger partial charge in [0.25, 0.3) is 11.8 Å². The van der Waals surface area contributed by atoms with Gasteiger partial charge in [-0.2, -0.15) is 0 Å². The second-order valence-electron chi connectivity index (χ2n) is 10.3. The van der Waals surface area contributed by atoms with Crippen molar-refractivity contribution in [1.82, 2.24) is 24.7 Å². The molecule has 12 nitrogen and oxygen atoms in total. The molecule has 2 aliphatic rings. The summed E-state index contributed by atoms with van der Waals surface area (Å²) in [6.45, 7) is 4.17. The summed E-state index contributed by atoms with van der Waals surface area (Å²) in [6, 6.07) is 7.00. The van der Waals surface area contributed by atoms with Crippen molar-refractivity contribution < 1.29 is 19.1 Å². The summed E-state index contributed by atoms with van der Waals surface area (Å²) < 4.78 is 5.32. The van der Waals surface area contributed by atoms with Gasteiger partial charge in [0.2, 0.25) is 5.91 Å². The van der Waals surface area contributed by atoms with Crippen LogP contribution in [0, 0.1) is 0 Å². The molecule has 3 amide bonds. The molecule has 0 bridgehead atoms. The van der Waals surface area contributed by atoms with Crippen LogP contribution in [-0.4, -0.2) is 116 Å². The topological polar surface area (TPSA) is 137 Å². The molecule has 3 N–H and O–H groups in total. The van der Waals surface area contributed by atoms with Crippen LogP contribution in [-0.2, 0) is 9.53 Å². The number of rotatable bonds is 9. The van der Waals surface area contributed by atoms with Crippen molar-refractivity contribution >= 4 is 35.0 Å². The lowest BCUT2D eigenvalue weighted by Gasteiger charge is -2.37. The molecule has 0 aliphatic carbocycles. The molecule has 214 valence electrons. The van der Waals surface area contributed by atoms with Crippen LogP contribution in [0.4, 0.5) is 17.3 Å². The Kier molecular flexibility index (Phi) is 9.67. The van der Waals surface area contributed by atoms with E-state index in [0.29, 0.717) is 63.0 Å². The molecule has 1 aromatic heterocycles. The Morgan fingerprint density at radius 1 is 1.10 bits per heavy atom. The maximum atomic E-state index is 12.8. The molecule has 40 heavy (non-hydrogen) atoms. The third-order valence-corrected chi connectivity index (χ3v) is 7.03. The molecule has 0 saturated carbocycles. The Morgan fingerprint density at radius 2 is 1.82 bits per heavy atom. The molecule has 0 spiro atoms. The van der Waals surface area contributed by atoms with Crippen LogP contribution in [0.15, 0.2) is 42.6 Å². The number of nitrogens with two attached hydrogens (primary N) is 1. The number of carbonyl (C=O) groups is 3. The molecule has 1 aromatic carbocycles. The Balaban J connectivity index is 1.46. The van der Waals surface area contributed by atoms with E-state index < -0.39 is 5.91 Å². The average molecular weight is 551 g/mol. The largest absolute Gasteiger partial charge is 0.378 e. The second kappa shape index (κ2) is 13.4. The first-order valence-corrected chi connectivity index (χ1v) is 13.5. The van der Waals surface area contributed by atoms with Crippen LogP contribution < -0.4 is 16.0 Å². The Labute approximate surface area is 234 Å². The van der Waals surface area contributed by atoms with Gasteiger partial charge >= 0.3 is 0 Å². The number of amides is 3. The summed E-state index contributed by atoms with van der Waals surface area (Å²) >= 11 is 0. The lowest BCUT2D eigenvalue weighted by atomic mass is 10.0. The van der Waals surface area contributed by atoms with E-state index in [-0.39, 0.29) is 29.4 Å². The van der Waals surface area contributed by atoms with E-state index in [4.69, 9.17) is 10.5 Å². The van der Waals surface area contributed by atoms with Crippen molar-refractivity contribution in [2.75, 3.05) is 77.3 Å². The van der Waals surface area contributed by atoms with Crippen molar-refractivity contribution in [3.05, 3.63) is 53.9 Å². The highest BCUT2D eigenvalue weighted by molar-refractivity contribution is 5.97. The fourth-order valence-electron chi connectivity index (χ4n) is 4.73. The third kappa shape index (κ3) is 7.33. The lowest BCUT2D eigenvalue weighted by molar-refractivity contribution is -0.127. The maximum absolute atomic E-state index is 12.8. The van der Waals surface area contributed by atoms with Crippen LogP contribution in [0.25, 0.3) is 0 Å². The number of anilines is 3. The molecular weight excluding hydrogens is 512 g/mol. The van der Waals surface area contributed by atoms with Crippen LogP contribution in [0.3, 0.4) is 0 Å². The van der Waals surface area contributed by atoms with Gasteiger partial charge in [0.15, 0.2) is 11.5 Å². The zero-order valence-corrected chi connectivity index (χ0v) is 23.4. The van der Waals surface area contributed by atoms with Crippen molar-refractivity contribution in [3.8, 4) is 0 Å². The smallest absolute Gasteiger partial charge is 0.271 e. The van der Waals surface area contributed by atoms with E-state index >= 15 is 0 Å². The molecular formula is C28H38N8O4. The number of likely N-dealkylation sites (N-methyl/N-ethyl adjacent to an activating group) is 2. The molecule has 2 aliphatic heterocycles. The number of carbonyl (C=O) groups excluding carboxylic acids is 3. The predicted octanol–water partition coefficient (Wildman–Crippen LogP) is 1.34. The van der Waals surface area contributed by atoms with Crippen molar-refractivity contribution in [3.63, 3.8) is 0 Å². The number of hydrogen-bond acceptors (Lipinski definition) is 9. The Hall–Kier alpha value is -4.03. The van der Waals surface area contributed by atoms with Crippen LogP contribution >= 0.6 is 0 Å². The van der Waals surface area contributed by atoms with E-state index in [2.05, 4.69) is 15.3 Å².